The van der Waals surface area contributed by atoms with Gasteiger partial charge in [0.15, 0.2) is 0 Å². The lowest BCUT2D eigenvalue weighted by Crippen LogP contribution is -2.14. The number of nitriles is 1. The Bertz CT molecular complexity index is 481. The lowest BCUT2D eigenvalue weighted by Gasteiger charge is -2.09. The highest BCUT2D eigenvalue weighted by molar-refractivity contribution is 7.99. The third-order valence-electron chi connectivity index (χ3n) is 3.06. The van der Waals surface area contributed by atoms with Gasteiger partial charge in [0.25, 0.3) is 0 Å². The normalized spacial score (nSPS) is 21.1. The van der Waals surface area contributed by atoms with Crippen molar-refractivity contribution in [2.45, 2.75) is 24.7 Å². The standard InChI is InChI=1S/C14H16N2OS/c1-10-9-11(10)14(17)16-12-5-2-3-6-13(12)18-8-4-7-15/h2-3,5-6,10-11H,4,8-9H2,1H3,(H,16,17)/t10-,11-/m0/s1. The van der Waals surface area contributed by atoms with E-state index in [0.717, 1.165) is 22.8 Å². The second-order valence-electron chi connectivity index (χ2n) is 4.56. The van der Waals surface area contributed by atoms with Crippen LogP contribution in [0.4, 0.5) is 5.69 Å². The predicted molar refractivity (Wildman–Crippen MR) is 73.3 cm³/mol. The van der Waals surface area contributed by atoms with Crippen molar-refractivity contribution in [2.75, 3.05) is 11.1 Å². The topological polar surface area (TPSA) is 52.9 Å². The monoisotopic (exact) mass is 260 g/mol. The van der Waals surface area contributed by atoms with Gasteiger partial charge in [-0.1, -0.05) is 19.1 Å². The molecule has 1 aromatic rings. The lowest BCUT2D eigenvalue weighted by atomic mass is 10.3. The molecule has 1 fully saturated rings. The number of carbonyl (C=O) groups is 1. The molecule has 2 rings (SSSR count). The van der Waals surface area contributed by atoms with Gasteiger partial charge in [-0.3, -0.25) is 4.79 Å². The summed E-state index contributed by atoms with van der Waals surface area (Å²) in [6.07, 6.45) is 1.52. The first-order valence-corrected chi connectivity index (χ1v) is 7.10. The number of thioether (sulfide) groups is 1. The fraction of sp³-hybridized carbons (Fsp3) is 0.429. The van der Waals surface area contributed by atoms with Crippen molar-refractivity contribution in [1.29, 1.82) is 5.26 Å². The molecule has 0 radical (unpaired) electrons. The number of hydrogen-bond acceptors (Lipinski definition) is 3. The van der Waals surface area contributed by atoms with Crippen LogP contribution in [0.5, 0.6) is 0 Å². The van der Waals surface area contributed by atoms with Gasteiger partial charge >= 0.3 is 0 Å². The zero-order valence-electron chi connectivity index (χ0n) is 10.3. The summed E-state index contributed by atoms with van der Waals surface area (Å²) in [4.78, 5) is 12.9. The Morgan fingerprint density at radius 3 is 2.94 bits per heavy atom. The molecule has 1 aliphatic carbocycles. The minimum atomic E-state index is 0.121. The Morgan fingerprint density at radius 2 is 2.28 bits per heavy atom. The maximum absolute atomic E-state index is 11.9. The molecule has 0 aromatic heterocycles. The first kappa shape index (κ1) is 13.0. The molecule has 0 aliphatic heterocycles. The maximum Gasteiger partial charge on any atom is 0.227 e. The summed E-state index contributed by atoms with van der Waals surface area (Å²) in [6.45, 7) is 2.10. The van der Waals surface area contributed by atoms with Crippen molar-refractivity contribution >= 4 is 23.4 Å². The zero-order valence-corrected chi connectivity index (χ0v) is 11.2. The summed E-state index contributed by atoms with van der Waals surface area (Å²) < 4.78 is 0. The van der Waals surface area contributed by atoms with Crippen LogP contribution in [-0.4, -0.2) is 11.7 Å². The van der Waals surface area contributed by atoms with Crippen LogP contribution in [0.15, 0.2) is 29.2 Å². The summed E-state index contributed by atoms with van der Waals surface area (Å²) in [7, 11) is 0. The smallest absolute Gasteiger partial charge is 0.227 e. The summed E-state index contributed by atoms with van der Waals surface area (Å²) in [5, 5.41) is 11.5. The summed E-state index contributed by atoms with van der Waals surface area (Å²) in [5.41, 5.74) is 0.865. The first-order chi connectivity index (χ1) is 8.72. The van der Waals surface area contributed by atoms with Crippen molar-refractivity contribution < 1.29 is 4.79 Å². The van der Waals surface area contributed by atoms with E-state index >= 15 is 0 Å². The van der Waals surface area contributed by atoms with Gasteiger partial charge in [0, 0.05) is 23.0 Å². The van der Waals surface area contributed by atoms with E-state index in [1.807, 2.05) is 24.3 Å². The third kappa shape index (κ3) is 3.27. The minimum absolute atomic E-state index is 0.121. The van der Waals surface area contributed by atoms with Crippen LogP contribution < -0.4 is 5.32 Å². The van der Waals surface area contributed by atoms with Gasteiger partial charge in [0.1, 0.15) is 0 Å². The quantitative estimate of drug-likeness (QED) is 0.653. The molecule has 1 aromatic carbocycles. The van der Waals surface area contributed by atoms with E-state index in [1.165, 1.54) is 0 Å². The molecule has 0 spiro atoms. The molecule has 0 bridgehead atoms. The molecule has 1 saturated carbocycles. The molecule has 1 amide bonds. The van der Waals surface area contributed by atoms with Gasteiger partial charge in [-0.2, -0.15) is 5.26 Å². The molecule has 4 heteroatoms. The molecule has 94 valence electrons. The highest BCUT2D eigenvalue weighted by Crippen LogP contribution is 2.39. The average molecular weight is 260 g/mol. The van der Waals surface area contributed by atoms with Crippen LogP contribution >= 0.6 is 11.8 Å². The Kier molecular flexibility index (Phi) is 4.27. The first-order valence-electron chi connectivity index (χ1n) is 6.12. The van der Waals surface area contributed by atoms with E-state index in [2.05, 4.69) is 18.3 Å². The molecule has 1 N–H and O–H groups in total. The third-order valence-corrected chi connectivity index (χ3v) is 4.14. The van der Waals surface area contributed by atoms with Gasteiger partial charge < -0.3 is 5.32 Å². The number of rotatable bonds is 5. The van der Waals surface area contributed by atoms with E-state index in [9.17, 15) is 4.79 Å². The number of para-hydroxylation sites is 1. The summed E-state index contributed by atoms with van der Waals surface area (Å²) >= 11 is 1.61. The van der Waals surface area contributed by atoms with Gasteiger partial charge in [0.2, 0.25) is 5.91 Å². The largest absolute Gasteiger partial charge is 0.325 e. The van der Waals surface area contributed by atoms with Crippen LogP contribution in [-0.2, 0) is 4.79 Å². The number of anilines is 1. The number of nitrogens with zero attached hydrogens (tertiary/aromatic N) is 1. The summed E-state index contributed by atoms with van der Waals surface area (Å²) in [5.74, 6) is 1.57. The molecule has 18 heavy (non-hydrogen) atoms. The Hall–Kier alpha value is -1.47. The number of hydrogen-bond donors (Lipinski definition) is 1. The van der Waals surface area contributed by atoms with Crippen LogP contribution in [0.1, 0.15) is 19.8 Å². The van der Waals surface area contributed by atoms with Crippen LogP contribution in [0.3, 0.4) is 0 Å². The van der Waals surface area contributed by atoms with Gasteiger partial charge in [-0.25, -0.2) is 0 Å². The van der Waals surface area contributed by atoms with Crippen molar-refractivity contribution in [2.24, 2.45) is 11.8 Å². The Labute approximate surface area is 112 Å². The number of benzene rings is 1. The van der Waals surface area contributed by atoms with E-state index in [1.54, 1.807) is 11.8 Å². The van der Waals surface area contributed by atoms with Crippen LogP contribution in [0.2, 0.25) is 0 Å². The van der Waals surface area contributed by atoms with E-state index < -0.39 is 0 Å². The predicted octanol–water partition coefficient (Wildman–Crippen LogP) is 3.29. The highest BCUT2D eigenvalue weighted by atomic mass is 32.2. The number of nitrogens with one attached hydrogen (secondary N) is 1. The van der Waals surface area contributed by atoms with E-state index in [0.29, 0.717) is 12.3 Å². The number of carbonyl (C=O) groups excluding carboxylic acids is 1. The van der Waals surface area contributed by atoms with Crippen molar-refractivity contribution in [3.63, 3.8) is 0 Å². The van der Waals surface area contributed by atoms with Gasteiger partial charge in [-0.05, 0) is 24.5 Å². The molecule has 0 unspecified atom stereocenters. The molecule has 3 nitrogen and oxygen atoms in total. The fourth-order valence-electron chi connectivity index (χ4n) is 1.82. The Morgan fingerprint density at radius 1 is 1.56 bits per heavy atom. The average Bonchev–Trinajstić information content (AvgIpc) is 3.09. The second-order valence-corrected chi connectivity index (χ2v) is 5.70. The van der Waals surface area contributed by atoms with Crippen molar-refractivity contribution in [3.05, 3.63) is 24.3 Å². The SMILES string of the molecule is C[C@H]1C[C@@H]1C(=O)Nc1ccccc1SCCC#N. The van der Waals surface area contributed by atoms with Gasteiger partial charge in [0.05, 0.1) is 11.8 Å². The van der Waals surface area contributed by atoms with Crippen molar-refractivity contribution in [3.8, 4) is 6.07 Å². The van der Waals surface area contributed by atoms with Crippen LogP contribution in [0.25, 0.3) is 0 Å². The van der Waals surface area contributed by atoms with Crippen LogP contribution in [0, 0.1) is 23.2 Å². The van der Waals surface area contributed by atoms with Gasteiger partial charge in [-0.15, -0.1) is 11.8 Å². The fourth-order valence-corrected chi connectivity index (χ4v) is 2.68. The maximum atomic E-state index is 11.9. The molecule has 0 saturated heterocycles. The number of amides is 1. The van der Waals surface area contributed by atoms with E-state index in [4.69, 9.17) is 5.26 Å². The molecule has 1 aliphatic rings. The molecule has 0 heterocycles. The molecular formula is C14H16N2OS. The Balaban J connectivity index is 1.98. The zero-order chi connectivity index (χ0) is 13.0. The van der Waals surface area contributed by atoms with E-state index in [-0.39, 0.29) is 11.8 Å². The summed E-state index contributed by atoms with van der Waals surface area (Å²) in [6, 6.07) is 9.89. The molecule has 2 atom stereocenters. The second kappa shape index (κ2) is 5.92. The van der Waals surface area contributed by atoms with Crippen molar-refractivity contribution in [1.82, 2.24) is 0 Å². The lowest BCUT2D eigenvalue weighted by molar-refractivity contribution is -0.117. The minimum Gasteiger partial charge on any atom is -0.325 e. The highest BCUT2D eigenvalue weighted by Gasteiger charge is 2.39. The molecular weight excluding hydrogens is 244 g/mol.